The number of nitrogens with two attached hydrogens (primary N) is 1. The summed E-state index contributed by atoms with van der Waals surface area (Å²) in [6, 6.07) is 3.97. The zero-order valence-electron chi connectivity index (χ0n) is 12.2. The number of imidazole rings is 1. The van der Waals surface area contributed by atoms with Gasteiger partial charge in [0.2, 0.25) is 0 Å². The monoisotopic (exact) mass is 303 g/mol. The van der Waals surface area contributed by atoms with Gasteiger partial charge in [-0.3, -0.25) is 0 Å². The highest BCUT2D eigenvalue weighted by Gasteiger charge is 2.54. The van der Waals surface area contributed by atoms with Crippen molar-refractivity contribution in [3.63, 3.8) is 0 Å². The molecule has 2 unspecified atom stereocenters. The van der Waals surface area contributed by atoms with Crippen LogP contribution in [-0.2, 0) is 5.41 Å². The zero-order valence-corrected chi connectivity index (χ0v) is 13.1. The fourth-order valence-corrected chi connectivity index (χ4v) is 4.22. The summed E-state index contributed by atoms with van der Waals surface area (Å²) in [5.41, 5.74) is 6.51. The third-order valence-corrected chi connectivity index (χ3v) is 5.42. The van der Waals surface area contributed by atoms with Crippen molar-refractivity contribution in [2.45, 2.75) is 50.0 Å². The second-order valence-corrected chi connectivity index (χ2v) is 6.41. The molecule has 4 nitrogen and oxygen atoms in total. The summed E-state index contributed by atoms with van der Waals surface area (Å²) in [6.45, 7) is 2.01. The maximum absolute atomic E-state index is 11.2. The van der Waals surface area contributed by atoms with Crippen molar-refractivity contribution in [3.05, 3.63) is 36.3 Å². The Hall–Kier alpha value is -1.46. The third kappa shape index (κ3) is 1.99. The van der Waals surface area contributed by atoms with Crippen LogP contribution in [0.2, 0.25) is 0 Å². The standard InChI is InChI=1S/C16H21N3OS/c1-2-15(20)7-3-4-8-16(15,14(17)21)12-5-6-13-18-9-10-19(13)11-12/h5-6,9-11,20H,2-4,7-8H2,1H3,(H2,17,21). The SMILES string of the molecule is CCC1(O)CCCCC1(C(N)=S)c1ccc2nccn2c1. The highest BCUT2D eigenvalue weighted by atomic mass is 32.1. The first-order valence-corrected chi connectivity index (χ1v) is 7.90. The Labute approximate surface area is 130 Å². The van der Waals surface area contributed by atoms with Gasteiger partial charge in [-0.2, -0.15) is 0 Å². The number of nitrogens with zero attached hydrogens (tertiary/aromatic N) is 2. The van der Waals surface area contributed by atoms with Crippen LogP contribution in [0, 0.1) is 0 Å². The Bertz CT molecular complexity index is 683. The van der Waals surface area contributed by atoms with Gasteiger partial charge in [0.25, 0.3) is 0 Å². The van der Waals surface area contributed by atoms with Crippen molar-refractivity contribution in [1.82, 2.24) is 9.38 Å². The molecule has 112 valence electrons. The number of aliphatic hydroxyl groups is 1. The van der Waals surface area contributed by atoms with Crippen molar-refractivity contribution in [3.8, 4) is 0 Å². The van der Waals surface area contributed by atoms with Crippen LogP contribution < -0.4 is 5.73 Å². The van der Waals surface area contributed by atoms with Crippen LogP contribution in [0.1, 0.15) is 44.6 Å². The molecule has 1 aliphatic rings. The minimum Gasteiger partial charge on any atom is -0.392 e. The van der Waals surface area contributed by atoms with E-state index in [1.54, 1.807) is 6.20 Å². The van der Waals surface area contributed by atoms with Gasteiger partial charge in [0.05, 0.1) is 16.0 Å². The van der Waals surface area contributed by atoms with Gasteiger partial charge in [-0.25, -0.2) is 4.98 Å². The van der Waals surface area contributed by atoms with Crippen LogP contribution in [0.15, 0.2) is 30.7 Å². The molecule has 2 aromatic heterocycles. The molecule has 21 heavy (non-hydrogen) atoms. The van der Waals surface area contributed by atoms with Crippen molar-refractivity contribution >= 4 is 22.9 Å². The summed E-state index contributed by atoms with van der Waals surface area (Å²) in [5, 5.41) is 11.2. The summed E-state index contributed by atoms with van der Waals surface area (Å²) >= 11 is 5.42. The molecule has 0 spiro atoms. The highest BCUT2D eigenvalue weighted by Crippen LogP contribution is 2.48. The molecule has 0 aromatic carbocycles. The highest BCUT2D eigenvalue weighted by molar-refractivity contribution is 7.80. The number of fused-ring (bicyclic) bond motifs is 1. The third-order valence-electron chi connectivity index (χ3n) is 5.07. The van der Waals surface area contributed by atoms with E-state index < -0.39 is 11.0 Å². The fourth-order valence-electron chi connectivity index (χ4n) is 3.81. The number of aromatic nitrogens is 2. The lowest BCUT2D eigenvalue weighted by Gasteiger charge is -2.50. The van der Waals surface area contributed by atoms with E-state index in [0.29, 0.717) is 11.4 Å². The maximum atomic E-state index is 11.2. The van der Waals surface area contributed by atoms with Crippen LogP contribution in [0.25, 0.3) is 5.65 Å². The molecule has 0 saturated heterocycles. The molecule has 0 bridgehead atoms. The average Bonchev–Trinajstić information content (AvgIpc) is 2.95. The van der Waals surface area contributed by atoms with Gasteiger partial charge in [0.15, 0.2) is 0 Å². The smallest absolute Gasteiger partial charge is 0.136 e. The van der Waals surface area contributed by atoms with Gasteiger partial charge in [-0.05, 0) is 30.9 Å². The summed E-state index contributed by atoms with van der Waals surface area (Å²) < 4.78 is 1.96. The van der Waals surface area contributed by atoms with Gasteiger partial charge in [-0.1, -0.05) is 38.0 Å². The maximum Gasteiger partial charge on any atom is 0.136 e. The van der Waals surface area contributed by atoms with Gasteiger partial charge in [-0.15, -0.1) is 0 Å². The quantitative estimate of drug-likeness (QED) is 0.856. The van der Waals surface area contributed by atoms with Crippen LogP contribution >= 0.6 is 12.2 Å². The van der Waals surface area contributed by atoms with Gasteiger partial charge in [0.1, 0.15) is 5.65 Å². The van der Waals surface area contributed by atoms with E-state index in [9.17, 15) is 5.11 Å². The van der Waals surface area contributed by atoms with E-state index in [1.807, 2.05) is 35.9 Å². The minimum absolute atomic E-state index is 0.394. The van der Waals surface area contributed by atoms with Crippen LogP contribution in [0.3, 0.4) is 0 Å². The molecule has 1 fully saturated rings. The number of thiocarbonyl (C=S) groups is 1. The van der Waals surface area contributed by atoms with Crippen LogP contribution in [0.4, 0.5) is 0 Å². The summed E-state index contributed by atoms with van der Waals surface area (Å²) in [7, 11) is 0. The Morgan fingerprint density at radius 3 is 2.90 bits per heavy atom. The van der Waals surface area contributed by atoms with E-state index in [1.165, 1.54) is 0 Å². The Morgan fingerprint density at radius 2 is 2.19 bits per heavy atom. The summed E-state index contributed by atoms with van der Waals surface area (Å²) in [6.07, 6.45) is 9.90. The van der Waals surface area contributed by atoms with Gasteiger partial charge >= 0.3 is 0 Å². The summed E-state index contributed by atoms with van der Waals surface area (Å²) in [4.78, 5) is 4.66. The number of rotatable bonds is 3. The molecule has 2 aromatic rings. The Kier molecular flexibility index (Phi) is 3.50. The lowest BCUT2D eigenvalue weighted by molar-refractivity contribution is -0.0443. The molecule has 2 atom stereocenters. The van der Waals surface area contributed by atoms with E-state index in [4.69, 9.17) is 18.0 Å². The second-order valence-electron chi connectivity index (χ2n) is 5.97. The first-order chi connectivity index (χ1) is 10.0. The largest absolute Gasteiger partial charge is 0.392 e. The van der Waals surface area contributed by atoms with Gasteiger partial charge in [0, 0.05) is 18.6 Å². The first kappa shape index (κ1) is 14.5. The molecule has 3 N–H and O–H groups in total. The van der Waals surface area contributed by atoms with Crippen molar-refractivity contribution in [1.29, 1.82) is 0 Å². The Morgan fingerprint density at radius 1 is 1.43 bits per heavy atom. The van der Waals surface area contributed by atoms with E-state index in [-0.39, 0.29) is 0 Å². The van der Waals surface area contributed by atoms with Crippen LogP contribution in [0.5, 0.6) is 0 Å². The number of pyridine rings is 1. The van der Waals surface area contributed by atoms with E-state index in [0.717, 1.165) is 36.9 Å². The van der Waals surface area contributed by atoms with Crippen LogP contribution in [-0.4, -0.2) is 25.1 Å². The topological polar surface area (TPSA) is 63.5 Å². The molecule has 1 saturated carbocycles. The molecule has 0 amide bonds. The molecule has 2 heterocycles. The molecule has 1 aliphatic carbocycles. The molecule has 0 radical (unpaired) electrons. The number of hydrogen-bond donors (Lipinski definition) is 2. The number of hydrogen-bond acceptors (Lipinski definition) is 3. The van der Waals surface area contributed by atoms with Crippen molar-refractivity contribution < 1.29 is 5.11 Å². The van der Waals surface area contributed by atoms with Crippen molar-refractivity contribution in [2.24, 2.45) is 5.73 Å². The molecule has 5 heteroatoms. The average molecular weight is 303 g/mol. The Balaban J connectivity index is 2.22. The predicted molar refractivity (Wildman–Crippen MR) is 87.4 cm³/mol. The lowest BCUT2D eigenvalue weighted by atomic mass is 9.59. The first-order valence-electron chi connectivity index (χ1n) is 7.49. The zero-order chi connectivity index (χ0) is 15.1. The van der Waals surface area contributed by atoms with E-state index in [2.05, 4.69) is 4.98 Å². The summed E-state index contributed by atoms with van der Waals surface area (Å²) in [5.74, 6) is 0. The van der Waals surface area contributed by atoms with E-state index >= 15 is 0 Å². The molecular weight excluding hydrogens is 282 g/mol. The molecular formula is C16H21N3OS. The second kappa shape index (κ2) is 5.07. The minimum atomic E-state index is -0.870. The van der Waals surface area contributed by atoms with Crippen molar-refractivity contribution in [2.75, 3.05) is 0 Å². The predicted octanol–water partition coefficient (Wildman–Crippen LogP) is 2.57. The molecule has 3 rings (SSSR count). The normalized spacial score (nSPS) is 29.6. The van der Waals surface area contributed by atoms with Gasteiger partial charge < -0.3 is 15.2 Å². The lowest BCUT2D eigenvalue weighted by Crippen LogP contribution is -2.60. The fraction of sp³-hybridized carbons (Fsp3) is 0.500. The molecule has 0 aliphatic heterocycles.